The third kappa shape index (κ3) is 6.46. The van der Waals surface area contributed by atoms with Crippen LogP contribution in [0.3, 0.4) is 0 Å². The van der Waals surface area contributed by atoms with Crippen LogP contribution < -0.4 is 22.1 Å². The van der Waals surface area contributed by atoms with Crippen LogP contribution in [0.4, 0.5) is 0 Å². The molecule has 0 aromatic rings. The fourth-order valence-electron chi connectivity index (χ4n) is 2.79. The van der Waals surface area contributed by atoms with Gasteiger partial charge >= 0.3 is 5.97 Å². The van der Waals surface area contributed by atoms with Gasteiger partial charge < -0.3 is 37.2 Å². The number of aliphatic hydroxyl groups excluding tert-OH is 1. The lowest BCUT2D eigenvalue weighted by Gasteiger charge is -2.28. The van der Waals surface area contributed by atoms with Gasteiger partial charge in [0.2, 0.25) is 23.6 Å². The average molecular weight is 401 g/mol. The van der Waals surface area contributed by atoms with Crippen LogP contribution in [0.2, 0.25) is 0 Å². The molecule has 4 atom stereocenters. The zero-order chi connectivity index (χ0) is 21.4. The Balaban J connectivity index is 2.86. The highest BCUT2D eigenvalue weighted by Crippen LogP contribution is 2.18. The average Bonchev–Trinajstić information content (AvgIpc) is 3.12. The molecule has 4 amide bonds. The van der Waals surface area contributed by atoms with E-state index < -0.39 is 60.4 Å². The van der Waals surface area contributed by atoms with Gasteiger partial charge in [-0.2, -0.15) is 0 Å². The lowest BCUT2D eigenvalue weighted by atomic mass is 10.1. The number of nitrogens with zero attached hydrogens (tertiary/aromatic N) is 1. The van der Waals surface area contributed by atoms with E-state index in [1.54, 1.807) is 0 Å². The maximum atomic E-state index is 12.6. The molecule has 0 aliphatic carbocycles. The number of nitrogens with one attached hydrogen (secondary N) is 2. The third-order valence-corrected chi connectivity index (χ3v) is 4.39. The molecule has 1 aliphatic heterocycles. The monoisotopic (exact) mass is 401 g/mol. The summed E-state index contributed by atoms with van der Waals surface area (Å²) < 4.78 is 0. The second-order valence-electron chi connectivity index (χ2n) is 6.61. The Labute approximate surface area is 161 Å². The first-order chi connectivity index (χ1) is 13.1. The number of hydrogen-bond acceptors (Lipinski definition) is 7. The molecule has 0 radical (unpaired) electrons. The Bertz CT molecular complexity index is 627. The van der Waals surface area contributed by atoms with Crippen LogP contribution >= 0.6 is 0 Å². The van der Waals surface area contributed by atoms with Gasteiger partial charge in [-0.05, 0) is 26.2 Å². The van der Waals surface area contributed by atoms with Crippen molar-refractivity contribution in [3.63, 3.8) is 0 Å². The van der Waals surface area contributed by atoms with Crippen molar-refractivity contribution < 1.29 is 34.2 Å². The molecule has 4 unspecified atom stereocenters. The summed E-state index contributed by atoms with van der Waals surface area (Å²) in [4.78, 5) is 60.3. The summed E-state index contributed by atoms with van der Waals surface area (Å²) in [5.74, 6) is -3.96. The van der Waals surface area contributed by atoms with Crippen LogP contribution in [0, 0.1) is 0 Å². The van der Waals surface area contributed by atoms with Crippen molar-refractivity contribution in [2.24, 2.45) is 11.5 Å². The summed E-state index contributed by atoms with van der Waals surface area (Å²) in [7, 11) is 0. The third-order valence-electron chi connectivity index (χ3n) is 4.39. The van der Waals surface area contributed by atoms with Crippen LogP contribution in [0.25, 0.3) is 0 Å². The SMILES string of the molecule is CC(NC(=O)C(CCC(N)=O)NC(=O)C1CCCN1C(=O)C(N)CO)C(=O)O. The van der Waals surface area contributed by atoms with Crippen molar-refractivity contribution in [3.05, 3.63) is 0 Å². The molecule has 0 saturated carbocycles. The number of carboxylic acids is 1. The van der Waals surface area contributed by atoms with E-state index in [2.05, 4.69) is 10.6 Å². The molecule has 1 fully saturated rings. The molecule has 1 aliphatic rings. The minimum absolute atomic E-state index is 0.129. The molecule has 1 saturated heterocycles. The molecule has 0 bridgehead atoms. The highest BCUT2D eigenvalue weighted by Gasteiger charge is 2.37. The van der Waals surface area contributed by atoms with Gasteiger partial charge in [-0.3, -0.25) is 24.0 Å². The molecule has 0 aromatic heterocycles. The van der Waals surface area contributed by atoms with E-state index in [4.69, 9.17) is 21.7 Å². The van der Waals surface area contributed by atoms with Gasteiger partial charge in [0.05, 0.1) is 6.61 Å². The second kappa shape index (κ2) is 10.6. The van der Waals surface area contributed by atoms with E-state index >= 15 is 0 Å². The standard InChI is InChI=1S/C16H27N5O7/c1-8(16(27)28)19-13(24)10(4-5-12(18)23)20-14(25)11-3-2-6-21(11)15(26)9(17)7-22/h8-11,22H,2-7,17H2,1H3,(H2,18,23)(H,19,24)(H,20,25)(H,27,28). The van der Waals surface area contributed by atoms with Crippen molar-refractivity contribution in [1.29, 1.82) is 0 Å². The molecule has 1 heterocycles. The summed E-state index contributed by atoms with van der Waals surface area (Å²) in [6, 6.07) is -4.44. The van der Waals surface area contributed by atoms with Crippen LogP contribution in [0.15, 0.2) is 0 Å². The maximum absolute atomic E-state index is 12.6. The van der Waals surface area contributed by atoms with Crippen molar-refractivity contribution in [2.75, 3.05) is 13.2 Å². The van der Waals surface area contributed by atoms with Crippen molar-refractivity contribution in [3.8, 4) is 0 Å². The first-order valence-corrected chi connectivity index (χ1v) is 8.87. The Kier molecular flexibility index (Phi) is 8.79. The number of aliphatic carboxylic acids is 1. The fraction of sp³-hybridized carbons (Fsp3) is 0.688. The van der Waals surface area contributed by atoms with E-state index in [0.29, 0.717) is 12.8 Å². The number of carboxylic acid groups (broad SMARTS) is 1. The van der Waals surface area contributed by atoms with Crippen LogP contribution in [-0.4, -0.2) is 82.0 Å². The minimum atomic E-state index is -1.26. The zero-order valence-electron chi connectivity index (χ0n) is 15.6. The number of nitrogens with two attached hydrogens (primary N) is 2. The van der Waals surface area contributed by atoms with Gasteiger partial charge in [-0.15, -0.1) is 0 Å². The van der Waals surface area contributed by atoms with Gasteiger partial charge in [0.25, 0.3) is 0 Å². The zero-order valence-corrected chi connectivity index (χ0v) is 15.6. The highest BCUT2D eigenvalue weighted by atomic mass is 16.4. The summed E-state index contributed by atoms with van der Waals surface area (Å²) in [6.07, 6.45) is 0.542. The summed E-state index contributed by atoms with van der Waals surface area (Å²) >= 11 is 0. The molecule has 1 rings (SSSR count). The Hall–Kier alpha value is -2.73. The van der Waals surface area contributed by atoms with Gasteiger partial charge in [-0.25, -0.2) is 0 Å². The van der Waals surface area contributed by atoms with Gasteiger partial charge in [0, 0.05) is 13.0 Å². The van der Waals surface area contributed by atoms with Gasteiger partial charge in [-0.1, -0.05) is 0 Å². The number of carbonyl (C=O) groups is 5. The first kappa shape index (κ1) is 23.3. The molecule has 12 nitrogen and oxygen atoms in total. The Morgan fingerprint density at radius 3 is 2.39 bits per heavy atom. The fourth-order valence-corrected chi connectivity index (χ4v) is 2.79. The lowest BCUT2D eigenvalue weighted by molar-refractivity contribution is -0.143. The van der Waals surface area contributed by atoms with Crippen molar-refractivity contribution >= 4 is 29.6 Å². The quantitative estimate of drug-likeness (QED) is 0.217. The van der Waals surface area contributed by atoms with Crippen molar-refractivity contribution in [2.45, 2.75) is 56.8 Å². The van der Waals surface area contributed by atoms with Gasteiger partial charge in [0.1, 0.15) is 24.2 Å². The van der Waals surface area contributed by atoms with E-state index in [1.165, 1.54) is 11.8 Å². The molecular weight excluding hydrogens is 374 g/mol. The predicted octanol–water partition coefficient (Wildman–Crippen LogP) is -3.36. The topological polar surface area (TPSA) is 205 Å². The van der Waals surface area contributed by atoms with Crippen LogP contribution in [-0.2, 0) is 24.0 Å². The predicted molar refractivity (Wildman–Crippen MR) is 95.4 cm³/mol. The molecule has 0 spiro atoms. The lowest BCUT2D eigenvalue weighted by Crippen LogP contribution is -2.56. The second-order valence-corrected chi connectivity index (χ2v) is 6.61. The Morgan fingerprint density at radius 1 is 1.21 bits per heavy atom. The smallest absolute Gasteiger partial charge is 0.325 e. The number of hydrogen-bond donors (Lipinski definition) is 6. The Morgan fingerprint density at radius 2 is 1.86 bits per heavy atom. The minimum Gasteiger partial charge on any atom is -0.480 e. The highest BCUT2D eigenvalue weighted by molar-refractivity contribution is 5.94. The number of aliphatic hydroxyl groups is 1. The molecule has 28 heavy (non-hydrogen) atoms. The van der Waals surface area contributed by atoms with E-state index in [9.17, 15) is 24.0 Å². The van der Waals surface area contributed by atoms with Gasteiger partial charge in [0.15, 0.2) is 0 Å². The molecule has 0 aromatic carbocycles. The summed E-state index contributed by atoms with van der Waals surface area (Å²) in [5.41, 5.74) is 10.6. The number of carbonyl (C=O) groups excluding carboxylic acids is 4. The number of amides is 4. The van der Waals surface area contributed by atoms with Crippen LogP contribution in [0.5, 0.6) is 0 Å². The molecule has 8 N–H and O–H groups in total. The number of likely N-dealkylation sites (tertiary alicyclic amines) is 1. The number of primary amides is 1. The molecular formula is C16H27N5O7. The van der Waals surface area contributed by atoms with E-state index in [0.717, 1.165) is 0 Å². The van der Waals surface area contributed by atoms with E-state index in [-0.39, 0.29) is 19.4 Å². The molecule has 158 valence electrons. The maximum Gasteiger partial charge on any atom is 0.325 e. The first-order valence-electron chi connectivity index (χ1n) is 8.87. The normalized spacial score (nSPS) is 19.4. The summed E-state index contributed by atoms with van der Waals surface area (Å²) in [6.45, 7) is 0.958. The van der Waals surface area contributed by atoms with Crippen molar-refractivity contribution in [1.82, 2.24) is 15.5 Å². The number of rotatable bonds is 10. The summed E-state index contributed by atoms with van der Waals surface area (Å²) in [5, 5.41) is 22.6. The largest absolute Gasteiger partial charge is 0.480 e. The van der Waals surface area contributed by atoms with Crippen LogP contribution in [0.1, 0.15) is 32.6 Å². The molecule has 12 heteroatoms. The van der Waals surface area contributed by atoms with E-state index in [1.807, 2.05) is 0 Å².